The molecule has 0 aliphatic heterocycles. The van der Waals surface area contributed by atoms with Gasteiger partial charge >= 0.3 is 0 Å². The molecule has 0 heterocycles. The second-order valence-corrected chi connectivity index (χ2v) is 18.2. The number of rotatable bonds is 48. The third kappa shape index (κ3) is 41.9. The third-order valence-electron chi connectivity index (χ3n) is 12.4. The van der Waals surface area contributed by atoms with Gasteiger partial charge in [0.05, 0.1) is 18.8 Å². The molecule has 6 nitrogen and oxygen atoms in total. The van der Waals surface area contributed by atoms with Gasteiger partial charge in [0.25, 0.3) is 0 Å². The molecule has 0 aromatic heterocycles. The Morgan fingerprint density at radius 2 is 0.729 bits per heavy atom. The molecule has 4 unspecified atom stereocenters. The van der Waals surface area contributed by atoms with Gasteiger partial charge in [-0.3, -0.25) is 4.79 Å². The van der Waals surface area contributed by atoms with Gasteiger partial charge in [0, 0.05) is 0 Å². The highest BCUT2D eigenvalue weighted by Gasteiger charge is 2.28. The highest BCUT2D eigenvalue weighted by atomic mass is 16.3. The summed E-state index contributed by atoms with van der Waals surface area (Å²) in [4.78, 5) is 12.5. The fraction of sp³-hybridized carbons (Fsp3) is 0.906. The third-order valence-corrected chi connectivity index (χ3v) is 12.4. The number of hydrogen-bond donors (Lipinski definition) is 5. The van der Waals surface area contributed by atoms with Crippen LogP contribution in [0.2, 0.25) is 0 Å². The molecule has 0 rings (SSSR count). The quantitative estimate of drug-likeness (QED) is 0.0310. The first-order chi connectivity index (χ1) is 29.0. The normalized spacial score (nSPS) is 14.1. The molecule has 4 atom stereocenters. The van der Waals surface area contributed by atoms with Crippen molar-refractivity contribution in [3.63, 3.8) is 0 Å². The van der Waals surface area contributed by atoms with Crippen molar-refractivity contribution in [2.24, 2.45) is 0 Å². The minimum absolute atomic E-state index is 0.370. The number of hydrogen-bond acceptors (Lipinski definition) is 5. The number of unbranched alkanes of at least 4 members (excludes halogenated alkanes) is 35. The highest BCUT2D eigenvalue weighted by Crippen LogP contribution is 2.17. The number of aliphatic hydroxyl groups excluding tert-OH is 4. The predicted molar refractivity (Wildman–Crippen MR) is 256 cm³/mol. The van der Waals surface area contributed by atoms with Crippen LogP contribution in [0.4, 0.5) is 0 Å². The molecule has 6 heteroatoms. The molecule has 1 amide bonds. The van der Waals surface area contributed by atoms with Gasteiger partial charge < -0.3 is 25.7 Å². The molecule has 5 N–H and O–H groups in total. The number of carbonyl (C=O) groups is 1. The van der Waals surface area contributed by atoms with Crippen molar-refractivity contribution in [2.75, 3.05) is 6.61 Å². The van der Waals surface area contributed by atoms with Gasteiger partial charge in [0.15, 0.2) is 0 Å². The maximum Gasteiger partial charge on any atom is 0.249 e. The lowest BCUT2D eigenvalue weighted by Gasteiger charge is -2.27. The smallest absolute Gasteiger partial charge is 0.249 e. The van der Waals surface area contributed by atoms with Crippen molar-refractivity contribution < 1.29 is 25.2 Å². The fourth-order valence-corrected chi connectivity index (χ4v) is 8.26. The van der Waals surface area contributed by atoms with Gasteiger partial charge in [0.1, 0.15) is 12.2 Å². The maximum absolute atomic E-state index is 12.5. The van der Waals surface area contributed by atoms with Crippen molar-refractivity contribution in [2.45, 2.75) is 301 Å². The Kier molecular flexibility index (Phi) is 46.9. The van der Waals surface area contributed by atoms with Crippen LogP contribution in [0.25, 0.3) is 0 Å². The molecule has 0 bridgehead atoms. The molecule has 0 aliphatic rings. The van der Waals surface area contributed by atoms with Crippen LogP contribution in [0.1, 0.15) is 277 Å². The Morgan fingerprint density at radius 3 is 1.07 bits per heavy atom. The molecule has 0 saturated heterocycles. The summed E-state index contributed by atoms with van der Waals surface area (Å²) >= 11 is 0. The number of carbonyl (C=O) groups excluding carboxylic acids is 1. The summed E-state index contributed by atoms with van der Waals surface area (Å²) in [5.74, 6) is -0.582. The lowest BCUT2D eigenvalue weighted by molar-refractivity contribution is -0.132. The van der Waals surface area contributed by atoms with E-state index >= 15 is 0 Å². The molecular weight excluding hydrogens is 731 g/mol. The largest absolute Gasteiger partial charge is 0.394 e. The monoisotopic (exact) mass is 834 g/mol. The Morgan fingerprint density at radius 1 is 0.424 bits per heavy atom. The minimum atomic E-state index is -1.26. The highest BCUT2D eigenvalue weighted by molar-refractivity contribution is 5.80. The number of aliphatic hydroxyl groups is 4. The summed E-state index contributed by atoms with van der Waals surface area (Å²) in [7, 11) is 0. The van der Waals surface area contributed by atoms with Crippen molar-refractivity contribution >= 4 is 5.91 Å². The Labute approximate surface area is 367 Å². The molecule has 0 aromatic carbocycles. The van der Waals surface area contributed by atoms with Crippen LogP contribution in [-0.2, 0) is 4.79 Å². The first-order valence-electron chi connectivity index (χ1n) is 26.2. The minimum Gasteiger partial charge on any atom is -0.394 e. The topological polar surface area (TPSA) is 110 Å². The summed E-state index contributed by atoms with van der Waals surface area (Å²) in [6.45, 7) is 4.06. The van der Waals surface area contributed by atoms with Gasteiger partial charge in [-0.25, -0.2) is 0 Å². The standard InChI is InChI=1S/C53H103NO5/c1-3-5-7-9-11-13-15-17-18-19-20-21-22-23-24-25-26-27-28-29-30-31-32-33-35-37-39-41-43-45-47-51(57)53(59)54-49(48-55)52(58)50(56)46-44-42-40-38-36-34-16-14-12-10-8-6-4-2/h20-21,23-24,49-52,55-58H,3-19,22,25-48H2,1-2H3,(H,54,59)/b21-20-,24-23-. The Balaban J connectivity index is 3.60. The van der Waals surface area contributed by atoms with E-state index in [-0.39, 0.29) is 0 Å². The van der Waals surface area contributed by atoms with Gasteiger partial charge in [-0.1, -0.05) is 256 Å². The van der Waals surface area contributed by atoms with E-state index in [1.165, 1.54) is 205 Å². The van der Waals surface area contributed by atoms with Gasteiger partial charge in [0.2, 0.25) is 5.91 Å². The van der Waals surface area contributed by atoms with E-state index in [9.17, 15) is 25.2 Å². The van der Waals surface area contributed by atoms with Crippen molar-refractivity contribution in [3.8, 4) is 0 Å². The summed E-state index contributed by atoms with van der Waals surface area (Å²) in [6, 6.07) is -0.983. The zero-order valence-corrected chi connectivity index (χ0v) is 39.5. The Bertz CT molecular complexity index is 893. The van der Waals surface area contributed by atoms with Gasteiger partial charge in [-0.15, -0.1) is 0 Å². The van der Waals surface area contributed by atoms with Crippen molar-refractivity contribution in [1.29, 1.82) is 0 Å². The number of allylic oxidation sites excluding steroid dienone is 4. The van der Waals surface area contributed by atoms with Gasteiger partial charge in [-0.2, -0.15) is 0 Å². The van der Waals surface area contributed by atoms with E-state index in [2.05, 4.69) is 43.5 Å². The molecule has 0 saturated carbocycles. The van der Waals surface area contributed by atoms with E-state index in [1.54, 1.807) is 0 Å². The van der Waals surface area contributed by atoms with Crippen LogP contribution < -0.4 is 5.32 Å². The molecule has 0 aromatic rings. The molecule has 350 valence electrons. The second kappa shape index (κ2) is 47.8. The lowest BCUT2D eigenvalue weighted by Crippen LogP contribution is -2.53. The summed E-state index contributed by atoms with van der Waals surface area (Å²) in [5, 5.41) is 43.8. The van der Waals surface area contributed by atoms with Crippen LogP contribution >= 0.6 is 0 Å². The molecule has 0 spiro atoms. The van der Waals surface area contributed by atoms with E-state index < -0.39 is 36.9 Å². The Hall–Kier alpha value is -1.21. The van der Waals surface area contributed by atoms with Gasteiger partial charge in [-0.05, 0) is 44.9 Å². The van der Waals surface area contributed by atoms with Crippen molar-refractivity contribution in [3.05, 3.63) is 24.3 Å². The van der Waals surface area contributed by atoms with E-state index in [4.69, 9.17) is 0 Å². The second-order valence-electron chi connectivity index (χ2n) is 18.2. The molecule has 0 radical (unpaired) electrons. The molecule has 0 fully saturated rings. The van der Waals surface area contributed by atoms with Crippen LogP contribution in [0, 0.1) is 0 Å². The van der Waals surface area contributed by atoms with E-state index in [0.29, 0.717) is 12.8 Å². The van der Waals surface area contributed by atoms with Crippen LogP contribution in [0.5, 0.6) is 0 Å². The molecule has 0 aliphatic carbocycles. The van der Waals surface area contributed by atoms with Crippen molar-refractivity contribution in [1.82, 2.24) is 5.32 Å². The first-order valence-corrected chi connectivity index (χ1v) is 26.2. The van der Waals surface area contributed by atoms with Crippen LogP contribution in [0.3, 0.4) is 0 Å². The number of nitrogens with one attached hydrogen (secondary N) is 1. The zero-order valence-electron chi connectivity index (χ0n) is 39.5. The molecular formula is C53H103NO5. The van der Waals surface area contributed by atoms with Crippen LogP contribution in [0.15, 0.2) is 24.3 Å². The fourth-order valence-electron chi connectivity index (χ4n) is 8.26. The van der Waals surface area contributed by atoms with Crippen LogP contribution in [-0.4, -0.2) is 57.3 Å². The van der Waals surface area contributed by atoms with E-state index in [0.717, 1.165) is 44.9 Å². The van der Waals surface area contributed by atoms with E-state index in [1.807, 2.05) is 0 Å². The predicted octanol–water partition coefficient (Wildman–Crippen LogP) is 14.7. The average molecular weight is 834 g/mol. The molecule has 59 heavy (non-hydrogen) atoms. The SMILES string of the molecule is CCCCCCCCCCC/C=C\C/C=C\CCCCCCCCCCCCCCCCC(O)C(=O)NC(CO)C(O)C(O)CCCCCCCCCCCCCCC. The summed E-state index contributed by atoms with van der Waals surface area (Å²) < 4.78 is 0. The maximum atomic E-state index is 12.5. The zero-order chi connectivity index (χ0) is 43.1. The average Bonchev–Trinajstić information content (AvgIpc) is 3.24. The first kappa shape index (κ1) is 57.8. The number of amides is 1. The summed E-state index contributed by atoms with van der Waals surface area (Å²) in [6.07, 6.45) is 56.7. The summed E-state index contributed by atoms with van der Waals surface area (Å²) in [5.41, 5.74) is 0. The lowest BCUT2D eigenvalue weighted by atomic mass is 9.99.